The molecule has 0 fully saturated rings. The molecule has 0 bridgehead atoms. The molecule has 0 heterocycles. The lowest BCUT2D eigenvalue weighted by atomic mass is 10.1. The number of nitrogens with one attached hydrogen (secondary N) is 2. The molecule has 16 heavy (non-hydrogen) atoms. The van der Waals surface area contributed by atoms with Crippen LogP contribution in [0.1, 0.15) is 13.8 Å². The van der Waals surface area contributed by atoms with E-state index in [9.17, 15) is 18.0 Å². The van der Waals surface area contributed by atoms with Crippen LogP contribution in [0.5, 0.6) is 0 Å². The molecule has 1 amide bonds. The normalized spacial score (nSPS) is 13.9. The molecule has 7 heteroatoms. The smallest absolute Gasteiger partial charge is 0.394 e. The fourth-order valence-corrected chi connectivity index (χ4v) is 0.999. The van der Waals surface area contributed by atoms with Gasteiger partial charge >= 0.3 is 6.18 Å². The molecule has 0 aliphatic rings. The highest BCUT2D eigenvalue weighted by Crippen LogP contribution is 2.11. The van der Waals surface area contributed by atoms with Gasteiger partial charge in [0.05, 0.1) is 25.7 Å². The summed E-state index contributed by atoms with van der Waals surface area (Å²) in [7, 11) is 0. The summed E-state index contributed by atoms with van der Waals surface area (Å²) in [4.78, 5) is 11.2. The topological polar surface area (TPSA) is 61.4 Å². The minimum atomic E-state index is -4.32. The zero-order chi connectivity index (χ0) is 12.8. The van der Waals surface area contributed by atoms with E-state index in [0.717, 1.165) is 0 Å². The number of amides is 1. The van der Waals surface area contributed by atoms with E-state index in [0.29, 0.717) is 0 Å². The van der Waals surface area contributed by atoms with Crippen molar-refractivity contribution in [3.8, 4) is 0 Å². The summed E-state index contributed by atoms with van der Waals surface area (Å²) in [6.07, 6.45) is -4.32. The summed E-state index contributed by atoms with van der Waals surface area (Å²) in [6.45, 7) is 1.74. The van der Waals surface area contributed by atoms with E-state index in [-0.39, 0.29) is 12.5 Å². The monoisotopic (exact) mass is 242 g/mol. The first kappa shape index (κ1) is 15.2. The second-order valence-corrected chi connectivity index (χ2v) is 3.82. The van der Waals surface area contributed by atoms with Gasteiger partial charge in [-0.1, -0.05) is 13.8 Å². The fourth-order valence-electron chi connectivity index (χ4n) is 0.999. The van der Waals surface area contributed by atoms with Crippen molar-refractivity contribution in [3.05, 3.63) is 0 Å². The fraction of sp³-hybridized carbons (Fsp3) is 0.889. The van der Waals surface area contributed by atoms with Gasteiger partial charge in [-0.15, -0.1) is 0 Å². The van der Waals surface area contributed by atoms with Crippen molar-refractivity contribution < 1.29 is 23.1 Å². The van der Waals surface area contributed by atoms with Gasteiger partial charge in [-0.2, -0.15) is 13.2 Å². The molecule has 0 radical (unpaired) electrons. The van der Waals surface area contributed by atoms with Crippen LogP contribution in [0.15, 0.2) is 0 Å². The summed E-state index contributed by atoms with van der Waals surface area (Å²) >= 11 is 0. The number of carbonyl (C=O) groups is 1. The number of rotatable bonds is 6. The van der Waals surface area contributed by atoms with Gasteiger partial charge < -0.3 is 15.7 Å². The highest BCUT2D eigenvalue weighted by atomic mass is 19.4. The van der Waals surface area contributed by atoms with E-state index in [1.807, 2.05) is 5.32 Å². The van der Waals surface area contributed by atoms with Crippen LogP contribution in [0.4, 0.5) is 13.2 Å². The molecule has 0 unspecified atom stereocenters. The van der Waals surface area contributed by atoms with E-state index in [2.05, 4.69) is 5.32 Å². The molecule has 0 aliphatic carbocycles. The van der Waals surface area contributed by atoms with E-state index in [4.69, 9.17) is 5.11 Å². The van der Waals surface area contributed by atoms with Gasteiger partial charge in [0.25, 0.3) is 0 Å². The number of hydrogen-bond acceptors (Lipinski definition) is 3. The zero-order valence-corrected chi connectivity index (χ0v) is 9.27. The lowest BCUT2D eigenvalue weighted by Gasteiger charge is -2.20. The first-order valence-electron chi connectivity index (χ1n) is 4.94. The quantitative estimate of drug-likeness (QED) is 0.626. The van der Waals surface area contributed by atoms with E-state index < -0.39 is 31.2 Å². The third-order valence-corrected chi connectivity index (χ3v) is 1.96. The Hall–Kier alpha value is -0.820. The van der Waals surface area contributed by atoms with Crippen LogP contribution in [0, 0.1) is 5.92 Å². The second kappa shape index (κ2) is 6.70. The number of hydrogen-bond donors (Lipinski definition) is 3. The first-order chi connectivity index (χ1) is 7.26. The Balaban J connectivity index is 3.82. The zero-order valence-electron chi connectivity index (χ0n) is 9.27. The summed E-state index contributed by atoms with van der Waals surface area (Å²) in [5.41, 5.74) is 0. The largest absolute Gasteiger partial charge is 0.401 e. The van der Waals surface area contributed by atoms with Gasteiger partial charge in [-0.05, 0) is 5.92 Å². The van der Waals surface area contributed by atoms with Crippen LogP contribution >= 0.6 is 0 Å². The lowest BCUT2D eigenvalue weighted by molar-refractivity contribution is -0.129. The van der Waals surface area contributed by atoms with Gasteiger partial charge in [0.2, 0.25) is 5.91 Å². The van der Waals surface area contributed by atoms with Crippen LogP contribution < -0.4 is 10.6 Å². The summed E-state index contributed by atoms with van der Waals surface area (Å²) < 4.78 is 35.2. The molecule has 4 nitrogen and oxygen atoms in total. The standard InChI is InChI=1S/C9H17F3N2O2/c1-6(2)7(4-15)14-8(16)3-13-5-9(10,11)12/h6-7,13,15H,3-5H2,1-2H3,(H,14,16)/t7-/m1/s1. The molecule has 3 N–H and O–H groups in total. The highest BCUT2D eigenvalue weighted by Gasteiger charge is 2.26. The Morgan fingerprint density at radius 1 is 1.38 bits per heavy atom. The van der Waals surface area contributed by atoms with E-state index >= 15 is 0 Å². The molecule has 0 saturated heterocycles. The van der Waals surface area contributed by atoms with Crippen LogP contribution in [0.25, 0.3) is 0 Å². The minimum Gasteiger partial charge on any atom is -0.394 e. The van der Waals surface area contributed by atoms with Gasteiger partial charge in [-0.3, -0.25) is 4.79 Å². The Bertz CT molecular complexity index is 219. The van der Waals surface area contributed by atoms with Crippen molar-refractivity contribution in [2.45, 2.75) is 26.1 Å². The summed E-state index contributed by atoms with van der Waals surface area (Å²) in [5.74, 6) is -0.534. The third kappa shape index (κ3) is 7.47. The highest BCUT2D eigenvalue weighted by molar-refractivity contribution is 5.78. The number of alkyl halides is 3. The van der Waals surface area contributed by atoms with Crippen LogP contribution in [0.2, 0.25) is 0 Å². The maximum absolute atomic E-state index is 11.7. The second-order valence-electron chi connectivity index (χ2n) is 3.82. The first-order valence-corrected chi connectivity index (χ1v) is 4.94. The van der Waals surface area contributed by atoms with Crippen molar-refractivity contribution in [2.24, 2.45) is 5.92 Å². The van der Waals surface area contributed by atoms with Gasteiger partial charge in [0.1, 0.15) is 0 Å². The molecule has 0 aliphatic heterocycles. The van der Waals surface area contributed by atoms with Crippen molar-refractivity contribution in [3.63, 3.8) is 0 Å². The average molecular weight is 242 g/mol. The Morgan fingerprint density at radius 2 is 1.94 bits per heavy atom. The summed E-state index contributed by atoms with van der Waals surface area (Å²) in [6, 6.07) is -0.430. The molecule has 0 spiro atoms. The van der Waals surface area contributed by atoms with Crippen LogP contribution in [-0.4, -0.2) is 42.9 Å². The number of aliphatic hydroxyl groups is 1. The lowest BCUT2D eigenvalue weighted by Crippen LogP contribution is -2.46. The molecule has 0 aromatic rings. The molecular weight excluding hydrogens is 225 g/mol. The molecule has 96 valence electrons. The maximum Gasteiger partial charge on any atom is 0.401 e. The Labute approximate surface area is 92.2 Å². The van der Waals surface area contributed by atoms with Gasteiger partial charge in [0, 0.05) is 0 Å². The molecule has 1 atom stereocenters. The summed E-state index contributed by atoms with van der Waals surface area (Å²) in [5, 5.41) is 13.3. The van der Waals surface area contributed by atoms with Gasteiger partial charge in [0.15, 0.2) is 0 Å². The molecule has 0 aromatic heterocycles. The van der Waals surface area contributed by atoms with Crippen LogP contribution in [-0.2, 0) is 4.79 Å². The molecule has 0 rings (SSSR count). The third-order valence-electron chi connectivity index (χ3n) is 1.96. The van der Waals surface area contributed by atoms with Gasteiger partial charge in [-0.25, -0.2) is 0 Å². The maximum atomic E-state index is 11.7. The number of aliphatic hydroxyl groups excluding tert-OH is 1. The Morgan fingerprint density at radius 3 is 2.31 bits per heavy atom. The minimum absolute atomic E-state index is 0.0246. The predicted octanol–water partition coefficient (Wildman–Crippen LogP) is 0.271. The Kier molecular flexibility index (Phi) is 6.35. The molecule has 0 saturated carbocycles. The average Bonchev–Trinajstić information content (AvgIpc) is 2.11. The van der Waals surface area contributed by atoms with Crippen molar-refractivity contribution in [2.75, 3.05) is 19.7 Å². The predicted molar refractivity (Wildman–Crippen MR) is 52.8 cm³/mol. The molecule has 0 aromatic carbocycles. The van der Waals surface area contributed by atoms with Crippen molar-refractivity contribution in [1.29, 1.82) is 0 Å². The number of halogens is 3. The van der Waals surface area contributed by atoms with Crippen LogP contribution in [0.3, 0.4) is 0 Å². The van der Waals surface area contributed by atoms with Crippen molar-refractivity contribution in [1.82, 2.24) is 10.6 Å². The van der Waals surface area contributed by atoms with E-state index in [1.54, 1.807) is 13.8 Å². The SMILES string of the molecule is CC(C)[C@@H](CO)NC(=O)CNCC(F)(F)F. The number of carbonyl (C=O) groups excluding carboxylic acids is 1. The van der Waals surface area contributed by atoms with Crippen molar-refractivity contribution >= 4 is 5.91 Å². The van der Waals surface area contributed by atoms with E-state index in [1.165, 1.54) is 0 Å². The molecular formula is C9H17F3N2O2.